The molecule has 0 saturated heterocycles. The maximum Gasteiger partial charge on any atom is 0.416 e. The van der Waals surface area contributed by atoms with Gasteiger partial charge in [-0.05, 0) is 116 Å². The highest BCUT2D eigenvalue weighted by Gasteiger charge is 2.57. The SMILES string of the molecule is CC1=CCCC2(C)C(CCC2(O)CN(Cc2cccc3ccccc23)C(=O)NC(C)c2ccccc2)c2ccc(cc2C(=O)c2cccc(C(F)(F)F)c2)CC(O)CC1. The van der Waals surface area contributed by atoms with Gasteiger partial charge in [0.1, 0.15) is 0 Å². The average Bonchev–Trinajstić information content (AvgIpc) is 3.47. The molecule has 3 N–H and O–H groups in total. The third-order valence-electron chi connectivity index (χ3n) is 13.0. The molecule has 0 heterocycles. The number of carbonyl (C=O) groups is 2. The standard InChI is InChI=1S/C50H53F3N2O4/c1-33-12-11-26-48(3)45(43-24-22-35(28-41(56)23-21-33)29-44(43)46(57)38-17-10-19-40(30-38)50(51,52)53)25-27-49(48,59)32-55(47(58)54-34(2)36-13-5-4-6-14-36)31-39-18-9-16-37-15-7-8-20-42(37)39/h4-10,12-20,22,24,29-30,34,41,45,56,59H,11,21,23,25-28,31-32H2,1-3H3,(H,54,58). The van der Waals surface area contributed by atoms with Crippen LogP contribution in [0.15, 0.2) is 127 Å². The number of allylic oxidation sites excluding steroid dienone is 2. The molecule has 1 saturated carbocycles. The van der Waals surface area contributed by atoms with Crippen LogP contribution in [0.3, 0.4) is 0 Å². The second-order valence-electron chi connectivity index (χ2n) is 16.9. The van der Waals surface area contributed by atoms with E-state index in [2.05, 4.69) is 11.4 Å². The van der Waals surface area contributed by atoms with Crippen molar-refractivity contribution in [2.45, 2.75) is 102 Å². The van der Waals surface area contributed by atoms with Crippen LogP contribution in [0.4, 0.5) is 18.0 Å². The van der Waals surface area contributed by atoms with Crippen LogP contribution in [-0.2, 0) is 19.1 Å². The second kappa shape index (κ2) is 17.2. The number of aliphatic hydroxyl groups is 2. The molecule has 2 amide bonds. The fourth-order valence-corrected chi connectivity index (χ4v) is 9.44. The summed E-state index contributed by atoms with van der Waals surface area (Å²) in [6, 6.07) is 33.1. The van der Waals surface area contributed by atoms with Gasteiger partial charge in [0.25, 0.3) is 0 Å². The van der Waals surface area contributed by atoms with Crippen LogP contribution < -0.4 is 5.32 Å². The van der Waals surface area contributed by atoms with Crippen molar-refractivity contribution in [3.8, 4) is 0 Å². The molecule has 8 rings (SSSR count). The number of fused-ring (bicyclic) bond motifs is 9. The first-order valence-electron chi connectivity index (χ1n) is 20.6. The summed E-state index contributed by atoms with van der Waals surface area (Å²) < 4.78 is 41.6. The van der Waals surface area contributed by atoms with Crippen LogP contribution in [0.1, 0.15) is 115 Å². The zero-order valence-electron chi connectivity index (χ0n) is 33.9. The maximum atomic E-state index is 14.6. The van der Waals surface area contributed by atoms with Gasteiger partial charge in [0, 0.05) is 23.1 Å². The number of amides is 2. The van der Waals surface area contributed by atoms with Crippen molar-refractivity contribution in [2.24, 2.45) is 5.41 Å². The molecule has 5 aromatic rings. The van der Waals surface area contributed by atoms with Crippen LogP contribution in [0.25, 0.3) is 10.8 Å². The molecule has 0 aliphatic heterocycles. The van der Waals surface area contributed by atoms with Gasteiger partial charge in [-0.25, -0.2) is 4.79 Å². The Kier molecular flexibility index (Phi) is 12.2. The first-order valence-corrected chi connectivity index (χ1v) is 20.6. The first kappa shape index (κ1) is 41.9. The number of benzene rings is 5. The molecule has 0 radical (unpaired) electrons. The van der Waals surface area contributed by atoms with Crippen LogP contribution in [0.5, 0.6) is 0 Å². The van der Waals surface area contributed by atoms with E-state index in [9.17, 15) is 33.0 Å². The number of halogens is 3. The molecule has 1 fully saturated rings. The normalized spacial score (nSPS) is 22.9. The van der Waals surface area contributed by atoms with E-state index < -0.39 is 40.6 Å². The van der Waals surface area contributed by atoms with E-state index in [1.165, 1.54) is 12.1 Å². The van der Waals surface area contributed by atoms with Gasteiger partial charge in [-0.3, -0.25) is 4.79 Å². The predicted octanol–water partition coefficient (Wildman–Crippen LogP) is 11.1. The van der Waals surface area contributed by atoms with Gasteiger partial charge < -0.3 is 20.4 Å². The zero-order chi connectivity index (χ0) is 42.0. The van der Waals surface area contributed by atoms with Crippen LogP contribution >= 0.6 is 0 Å². The minimum absolute atomic E-state index is 0.000441. The molecule has 0 aromatic heterocycles. The number of nitrogens with one attached hydrogen (secondary N) is 1. The Morgan fingerprint density at radius 2 is 1.63 bits per heavy atom. The van der Waals surface area contributed by atoms with Crippen molar-refractivity contribution in [2.75, 3.05) is 6.54 Å². The van der Waals surface area contributed by atoms with Gasteiger partial charge in [-0.15, -0.1) is 0 Å². The van der Waals surface area contributed by atoms with Gasteiger partial charge >= 0.3 is 12.2 Å². The number of hydrogen-bond donors (Lipinski definition) is 3. The smallest absolute Gasteiger partial charge is 0.393 e. The van der Waals surface area contributed by atoms with E-state index in [0.29, 0.717) is 49.7 Å². The third-order valence-corrected chi connectivity index (χ3v) is 13.0. The maximum absolute atomic E-state index is 14.6. The van der Waals surface area contributed by atoms with Gasteiger partial charge in [0.05, 0.1) is 29.9 Å². The Morgan fingerprint density at radius 1 is 0.898 bits per heavy atom. The molecule has 308 valence electrons. The van der Waals surface area contributed by atoms with Crippen LogP contribution in [0, 0.1) is 5.41 Å². The number of carbonyl (C=O) groups excluding carboxylic acids is 2. The molecule has 59 heavy (non-hydrogen) atoms. The molecule has 2 bridgehead atoms. The summed E-state index contributed by atoms with van der Waals surface area (Å²) in [5.41, 5.74) is 1.31. The van der Waals surface area contributed by atoms with Crippen molar-refractivity contribution in [1.29, 1.82) is 0 Å². The lowest BCUT2D eigenvalue weighted by Crippen LogP contribution is -2.55. The van der Waals surface area contributed by atoms with Gasteiger partial charge in [-0.2, -0.15) is 13.2 Å². The quantitative estimate of drug-likeness (QED) is 0.108. The van der Waals surface area contributed by atoms with E-state index >= 15 is 0 Å². The summed E-state index contributed by atoms with van der Waals surface area (Å²) in [5, 5.41) is 29.5. The molecular weight excluding hydrogens is 750 g/mol. The summed E-state index contributed by atoms with van der Waals surface area (Å²) in [6.45, 7) is 6.25. The van der Waals surface area contributed by atoms with Crippen molar-refractivity contribution in [3.05, 3.63) is 166 Å². The molecule has 3 aliphatic rings. The number of hydrogen-bond acceptors (Lipinski definition) is 4. The fraction of sp³-hybridized carbons (Fsp3) is 0.360. The molecule has 5 atom stereocenters. The van der Waals surface area contributed by atoms with E-state index in [1.54, 1.807) is 11.0 Å². The Labute approximate surface area is 344 Å². The lowest BCUT2D eigenvalue weighted by molar-refractivity contribution is -0.137. The minimum atomic E-state index is -4.63. The van der Waals surface area contributed by atoms with E-state index in [1.807, 2.05) is 106 Å². The molecule has 0 spiro atoms. The number of urea groups is 1. The molecule has 5 unspecified atom stereocenters. The van der Waals surface area contributed by atoms with Gasteiger partial charge in [-0.1, -0.05) is 116 Å². The first-order chi connectivity index (χ1) is 28.1. The summed E-state index contributed by atoms with van der Waals surface area (Å²) >= 11 is 0. The predicted molar refractivity (Wildman–Crippen MR) is 226 cm³/mol. The summed E-state index contributed by atoms with van der Waals surface area (Å²) in [7, 11) is 0. The Morgan fingerprint density at radius 3 is 2.41 bits per heavy atom. The monoisotopic (exact) mass is 802 g/mol. The lowest BCUT2D eigenvalue weighted by atomic mass is 9.64. The number of aliphatic hydroxyl groups excluding tert-OH is 1. The van der Waals surface area contributed by atoms with E-state index in [4.69, 9.17) is 0 Å². The highest BCUT2D eigenvalue weighted by molar-refractivity contribution is 6.10. The van der Waals surface area contributed by atoms with Gasteiger partial charge in [0.2, 0.25) is 0 Å². The summed E-state index contributed by atoms with van der Waals surface area (Å²) in [4.78, 5) is 30.7. The van der Waals surface area contributed by atoms with Crippen LogP contribution in [-0.4, -0.2) is 45.2 Å². The number of nitrogens with zero attached hydrogens (tertiary/aromatic N) is 1. The number of alkyl halides is 3. The molecule has 3 aliphatic carbocycles. The third kappa shape index (κ3) is 9.02. The van der Waals surface area contributed by atoms with E-state index in [-0.39, 0.29) is 42.7 Å². The summed E-state index contributed by atoms with van der Waals surface area (Å²) in [6.07, 6.45) is 0.210. The molecular formula is C50H53F3N2O4. The average molecular weight is 803 g/mol. The number of ketones is 1. The molecule has 6 nitrogen and oxygen atoms in total. The van der Waals surface area contributed by atoms with Crippen molar-refractivity contribution in [1.82, 2.24) is 10.2 Å². The zero-order valence-corrected chi connectivity index (χ0v) is 33.9. The Hall–Kier alpha value is -5.25. The van der Waals surface area contributed by atoms with E-state index in [0.717, 1.165) is 39.6 Å². The van der Waals surface area contributed by atoms with Crippen molar-refractivity contribution in [3.63, 3.8) is 0 Å². The fourth-order valence-electron chi connectivity index (χ4n) is 9.44. The Balaban J connectivity index is 1.31. The van der Waals surface area contributed by atoms with Crippen molar-refractivity contribution < 1.29 is 33.0 Å². The van der Waals surface area contributed by atoms with Gasteiger partial charge in [0.15, 0.2) is 5.78 Å². The highest BCUT2D eigenvalue weighted by atomic mass is 19.4. The minimum Gasteiger partial charge on any atom is -0.393 e. The molecule has 5 aromatic carbocycles. The van der Waals surface area contributed by atoms with Crippen LogP contribution in [0.2, 0.25) is 0 Å². The number of rotatable bonds is 8. The second-order valence-corrected chi connectivity index (χ2v) is 16.9. The summed E-state index contributed by atoms with van der Waals surface area (Å²) in [5.74, 6) is -0.937. The Bertz CT molecular complexity index is 2340. The lowest BCUT2D eigenvalue weighted by Gasteiger charge is -2.46. The topological polar surface area (TPSA) is 89.9 Å². The molecule has 9 heteroatoms. The largest absolute Gasteiger partial charge is 0.416 e. The van der Waals surface area contributed by atoms with Crippen molar-refractivity contribution >= 4 is 22.6 Å². The highest BCUT2D eigenvalue weighted by Crippen LogP contribution is 2.59.